The van der Waals surface area contributed by atoms with E-state index in [-0.39, 0.29) is 18.0 Å². The van der Waals surface area contributed by atoms with Gasteiger partial charge < -0.3 is 4.90 Å². The van der Waals surface area contributed by atoms with E-state index in [4.69, 9.17) is 0 Å². The molecule has 148 valence electrons. The summed E-state index contributed by atoms with van der Waals surface area (Å²) in [5, 5.41) is 4.90. The molecule has 1 aromatic carbocycles. The maximum absolute atomic E-state index is 12.9. The molecule has 0 spiro atoms. The monoisotopic (exact) mass is 390 g/mol. The molecular weight excluding hydrogens is 369 g/mol. The molecule has 0 atom stereocenters. The van der Waals surface area contributed by atoms with Gasteiger partial charge in [0.15, 0.2) is 5.65 Å². The molecule has 0 bridgehead atoms. The van der Waals surface area contributed by atoms with Crippen molar-refractivity contribution in [2.75, 3.05) is 13.1 Å². The third-order valence-electron chi connectivity index (χ3n) is 4.14. The molecule has 0 aliphatic heterocycles. The van der Waals surface area contributed by atoms with E-state index in [0.29, 0.717) is 17.6 Å². The summed E-state index contributed by atoms with van der Waals surface area (Å²) in [4.78, 5) is 17.8. The van der Waals surface area contributed by atoms with E-state index in [2.05, 4.69) is 10.1 Å². The average molecular weight is 390 g/mol. The Morgan fingerprint density at radius 1 is 1.18 bits per heavy atom. The number of nitrogens with zero attached hydrogens (tertiary/aromatic N) is 4. The van der Waals surface area contributed by atoms with Crippen LogP contribution in [0.3, 0.4) is 0 Å². The lowest BCUT2D eigenvalue weighted by Crippen LogP contribution is -2.41. The maximum Gasteiger partial charge on any atom is 0.406 e. The first-order chi connectivity index (χ1) is 13.2. The van der Waals surface area contributed by atoms with Crippen LogP contribution in [-0.2, 0) is 6.54 Å². The Hall–Kier alpha value is -2.90. The van der Waals surface area contributed by atoms with Crippen LogP contribution in [0.4, 0.5) is 13.2 Å². The van der Waals surface area contributed by atoms with Crippen molar-refractivity contribution in [3.8, 4) is 0 Å². The molecule has 3 rings (SSSR count). The van der Waals surface area contributed by atoms with Crippen molar-refractivity contribution in [3.63, 3.8) is 0 Å². The standard InChI is InChI=1S/C20H21F3N4O/c1-14(2)11-26(13-20(21,22)23)19(28)17-8-16-10-25-27(18(16)24-9-17)12-15-6-4-3-5-7-15/h3-10,14H,11-13H2,1-2H3. The summed E-state index contributed by atoms with van der Waals surface area (Å²) in [5.41, 5.74) is 1.74. The van der Waals surface area contributed by atoms with Gasteiger partial charge in [-0.3, -0.25) is 4.79 Å². The number of fused-ring (bicyclic) bond motifs is 1. The zero-order valence-electron chi connectivity index (χ0n) is 15.6. The molecule has 2 aromatic heterocycles. The fourth-order valence-electron chi connectivity index (χ4n) is 3.02. The van der Waals surface area contributed by atoms with Crippen molar-refractivity contribution < 1.29 is 18.0 Å². The van der Waals surface area contributed by atoms with Crippen molar-refractivity contribution in [3.05, 3.63) is 59.9 Å². The summed E-state index contributed by atoms with van der Waals surface area (Å²) >= 11 is 0. The molecule has 3 aromatic rings. The summed E-state index contributed by atoms with van der Waals surface area (Å²) in [6.07, 6.45) is -1.57. The fraction of sp³-hybridized carbons (Fsp3) is 0.350. The van der Waals surface area contributed by atoms with Crippen LogP contribution in [0.5, 0.6) is 0 Å². The highest BCUT2D eigenvalue weighted by atomic mass is 19.4. The molecule has 0 N–H and O–H groups in total. The minimum Gasteiger partial charge on any atom is -0.329 e. The van der Waals surface area contributed by atoms with Gasteiger partial charge in [0.2, 0.25) is 0 Å². The quantitative estimate of drug-likeness (QED) is 0.636. The molecule has 5 nitrogen and oxygen atoms in total. The largest absolute Gasteiger partial charge is 0.406 e. The van der Waals surface area contributed by atoms with Crippen LogP contribution in [0.25, 0.3) is 11.0 Å². The summed E-state index contributed by atoms with van der Waals surface area (Å²) in [6.45, 7) is 2.79. The number of pyridine rings is 1. The van der Waals surface area contributed by atoms with Crippen LogP contribution in [-0.4, -0.2) is 44.8 Å². The highest BCUT2D eigenvalue weighted by Crippen LogP contribution is 2.21. The van der Waals surface area contributed by atoms with E-state index in [0.717, 1.165) is 10.5 Å². The topological polar surface area (TPSA) is 51.0 Å². The van der Waals surface area contributed by atoms with E-state index in [1.165, 1.54) is 6.20 Å². The van der Waals surface area contributed by atoms with Gasteiger partial charge in [-0.1, -0.05) is 44.2 Å². The Balaban J connectivity index is 1.85. The number of aromatic nitrogens is 3. The SMILES string of the molecule is CC(C)CN(CC(F)(F)F)C(=O)c1cnc2c(cnn2Cc2ccccc2)c1. The highest BCUT2D eigenvalue weighted by molar-refractivity contribution is 5.96. The Morgan fingerprint density at radius 2 is 1.89 bits per heavy atom. The summed E-state index contributed by atoms with van der Waals surface area (Å²) < 4.78 is 40.3. The van der Waals surface area contributed by atoms with Gasteiger partial charge in [0.25, 0.3) is 5.91 Å². The second-order valence-electron chi connectivity index (χ2n) is 7.12. The molecule has 0 aliphatic carbocycles. The third kappa shape index (κ3) is 4.88. The number of carbonyl (C=O) groups is 1. The van der Waals surface area contributed by atoms with E-state index in [1.807, 2.05) is 30.3 Å². The van der Waals surface area contributed by atoms with Crippen LogP contribution in [0.15, 0.2) is 48.8 Å². The lowest BCUT2D eigenvalue weighted by atomic mass is 10.1. The molecule has 0 saturated heterocycles. The van der Waals surface area contributed by atoms with E-state index in [1.54, 1.807) is 30.8 Å². The molecule has 0 aliphatic rings. The Labute approximate surface area is 160 Å². The number of hydrogen-bond acceptors (Lipinski definition) is 3. The number of benzene rings is 1. The smallest absolute Gasteiger partial charge is 0.329 e. The number of alkyl halides is 3. The van der Waals surface area contributed by atoms with Crippen molar-refractivity contribution in [2.24, 2.45) is 5.92 Å². The fourth-order valence-corrected chi connectivity index (χ4v) is 3.02. The van der Waals surface area contributed by atoms with Gasteiger partial charge in [-0.05, 0) is 17.5 Å². The van der Waals surface area contributed by atoms with Gasteiger partial charge in [-0.25, -0.2) is 9.67 Å². The van der Waals surface area contributed by atoms with Crippen LogP contribution < -0.4 is 0 Å². The average Bonchev–Trinajstić information content (AvgIpc) is 3.02. The van der Waals surface area contributed by atoms with Gasteiger partial charge >= 0.3 is 6.18 Å². The number of carbonyl (C=O) groups excluding carboxylic acids is 1. The number of rotatable bonds is 6. The number of amides is 1. The molecule has 2 heterocycles. The lowest BCUT2D eigenvalue weighted by molar-refractivity contribution is -0.141. The lowest BCUT2D eigenvalue weighted by Gasteiger charge is -2.25. The molecule has 28 heavy (non-hydrogen) atoms. The van der Waals surface area contributed by atoms with Gasteiger partial charge in [-0.2, -0.15) is 18.3 Å². The second kappa shape index (κ2) is 8.00. The van der Waals surface area contributed by atoms with Crippen molar-refractivity contribution in [2.45, 2.75) is 26.6 Å². The summed E-state index contributed by atoms with van der Waals surface area (Å²) in [7, 11) is 0. The molecule has 0 fully saturated rings. The summed E-state index contributed by atoms with van der Waals surface area (Å²) in [5.74, 6) is -0.771. The zero-order valence-corrected chi connectivity index (χ0v) is 15.6. The Kier molecular flexibility index (Phi) is 5.67. The number of hydrogen-bond donors (Lipinski definition) is 0. The zero-order chi connectivity index (χ0) is 20.3. The van der Waals surface area contributed by atoms with Crippen LogP contribution in [0, 0.1) is 5.92 Å². The van der Waals surface area contributed by atoms with Gasteiger partial charge in [0.05, 0.1) is 18.3 Å². The Morgan fingerprint density at radius 3 is 2.54 bits per heavy atom. The molecule has 0 radical (unpaired) electrons. The Bertz CT molecular complexity index is 951. The molecular formula is C20H21F3N4O. The van der Waals surface area contributed by atoms with E-state index < -0.39 is 18.6 Å². The summed E-state index contributed by atoms with van der Waals surface area (Å²) in [6, 6.07) is 11.2. The van der Waals surface area contributed by atoms with Crippen LogP contribution >= 0.6 is 0 Å². The second-order valence-corrected chi connectivity index (χ2v) is 7.12. The minimum absolute atomic E-state index is 0.0175. The van der Waals surface area contributed by atoms with E-state index >= 15 is 0 Å². The molecule has 1 amide bonds. The third-order valence-corrected chi connectivity index (χ3v) is 4.14. The first kappa shape index (κ1) is 19.9. The molecule has 8 heteroatoms. The van der Waals surface area contributed by atoms with Gasteiger partial charge in [-0.15, -0.1) is 0 Å². The first-order valence-electron chi connectivity index (χ1n) is 8.94. The first-order valence-corrected chi connectivity index (χ1v) is 8.94. The normalized spacial score (nSPS) is 11.9. The number of halogens is 3. The van der Waals surface area contributed by atoms with Crippen molar-refractivity contribution in [1.82, 2.24) is 19.7 Å². The minimum atomic E-state index is -4.46. The predicted molar refractivity (Wildman–Crippen MR) is 99.9 cm³/mol. The van der Waals surface area contributed by atoms with Gasteiger partial charge in [0, 0.05) is 18.1 Å². The van der Waals surface area contributed by atoms with E-state index in [9.17, 15) is 18.0 Å². The van der Waals surface area contributed by atoms with Crippen LogP contribution in [0.1, 0.15) is 29.8 Å². The maximum atomic E-state index is 12.9. The van der Waals surface area contributed by atoms with Gasteiger partial charge in [0.1, 0.15) is 6.54 Å². The van der Waals surface area contributed by atoms with Crippen molar-refractivity contribution in [1.29, 1.82) is 0 Å². The van der Waals surface area contributed by atoms with Crippen molar-refractivity contribution >= 4 is 16.9 Å². The molecule has 0 saturated carbocycles. The predicted octanol–water partition coefficient (Wildman–Crippen LogP) is 4.14. The molecule has 0 unspecified atom stereocenters. The highest BCUT2D eigenvalue weighted by Gasteiger charge is 2.33. The van der Waals surface area contributed by atoms with Crippen LogP contribution in [0.2, 0.25) is 0 Å².